The summed E-state index contributed by atoms with van der Waals surface area (Å²) in [6.45, 7) is 2.23. The van der Waals surface area contributed by atoms with Crippen LogP contribution in [0.1, 0.15) is 35.7 Å². The molecule has 1 N–H and O–H groups in total. The van der Waals surface area contributed by atoms with Gasteiger partial charge in [-0.15, -0.1) is 0 Å². The van der Waals surface area contributed by atoms with E-state index in [9.17, 15) is 13.2 Å². The van der Waals surface area contributed by atoms with Crippen LogP contribution in [0.25, 0.3) is 11.0 Å². The zero-order valence-electron chi connectivity index (χ0n) is 14.3. The Bertz CT molecular complexity index is 867. The number of alkyl halides is 3. The lowest BCUT2D eigenvalue weighted by Gasteiger charge is -2.32. The SMILES string of the molecule is FC(F)(F)c1cccc(CN2CCC[C@H](c3nc4ccccc4[nH]3)C2)c1. The van der Waals surface area contributed by atoms with Crippen LogP contribution in [-0.4, -0.2) is 28.0 Å². The van der Waals surface area contributed by atoms with Crippen molar-refractivity contribution >= 4 is 11.0 Å². The number of nitrogens with one attached hydrogen (secondary N) is 1. The third-order valence-electron chi connectivity index (χ3n) is 4.96. The van der Waals surface area contributed by atoms with Gasteiger partial charge in [-0.3, -0.25) is 4.90 Å². The number of halogens is 3. The standard InChI is InChI=1S/C20H20F3N3/c21-20(22,23)16-7-3-5-14(11-16)12-26-10-4-6-15(13-26)19-24-17-8-1-2-9-18(17)25-19/h1-3,5,7-9,11,15H,4,6,10,12-13H2,(H,24,25)/t15-/m0/s1. The molecule has 2 aromatic carbocycles. The molecule has 2 heterocycles. The third-order valence-corrected chi connectivity index (χ3v) is 4.96. The van der Waals surface area contributed by atoms with Gasteiger partial charge in [0.05, 0.1) is 16.6 Å². The van der Waals surface area contributed by atoms with Crippen LogP contribution >= 0.6 is 0 Å². The molecule has 6 heteroatoms. The number of H-pyrrole nitrogens is 1. The Morgan fingerprint density at radius 2 is 1.96 bits per heavy atom. The van der Waals surface area contributed by atoms with Gasteiger partial charge >= 0.3 is 6.18 Å². The Balaban J connectivity index is 1.48. The molecular formula is C20H20F3N3. The first kappa shape index (κ1) is 17.1. The van der Waals surface area contributed by atoms with Gasteiger partial charge in [-0.25, -0.2) is 4.98 Å². The van der Waals surface area contributed by atoms with Crippen LogP contribution in [0.15, 0.2) is 48.5 Å². The number of hydrogen-bond donors (Lipinski definition) is 1. The number of aromatic nitrogens is 2. The molecule has 1 fully saturated rings. The number of hydrogen-bond acceptors (Lipinski definition) is 2. The van der Waals surface area contributed by atoms with E-state index in [1.54, 1.807) is 6.07 Å². The minimum Gasteiger partial charge on any atom is -0.342 e. The average molecular weight is 359 g/mol. The molecule has 0 bridgehead atoms. The maximum atomic E-state index is 12.9. The van der Waals surface area contributed by atoms with E-state index in [-0.39, 0.29) is 5.92 Å². The first-order chi connectivity index (χ1) is 12.5. The predicted octanol–water partition coefficient (Wildman–Crippen LogP) is 4.96. The van der Waals surface area contributed by atoms with E-state index in [2.05, 4.69) is 9.88 Å². The molecule has 1 atom stereocenters. The largest absolute Gasteiger partial charge is 0.416 e. The number of nitrogens with zero attached hydrogens (tertiary/aromatic N) is 2. The zero-order valence-corrected chi connectivity index (χ0v) is 14.3. The topological polar surface area (TPSA) is 31.9 Å². The van der Waals surface area contributed by atoms with Crippen molar-refractivity contribution < 1.29 is 13.2 Å². The van der Waals surface area contributed by atoms with E-state index < -0.39 is 11.7 Å². The molecule has 4 rings (SSSR count). The minimum absolute atomic E-state index is 0.280. The lowest BCUT2D eigenvalue weighted by molar-refractivity contribution is -0.137. The quantitative estimate of drug-likeness (QED) is 0.717. The van der Waals surface area contributed by atoms with Crippen LogP contribution in [0.5, 0.6) is 0 Å². The highest BCUT2D eigenvalue weighted by molar-refractivity contribution is 5.74. The molecule has 0 unspecified atom stereocenters. The molecule has 1 aromatic heterocycles. The van der Waals surface area contributed by atoms with Crippen molar-refractivity contribution in [1.29, 1.82) is 0 Å². The molecule has 26 heavy (non-hydrogen) atoms. The van der Waals surface area contributed by atoms with E-state index in [1.165, 1.54) is 12.1 Å². The van der Waals surface area contributed by atoms with Crippen molar-refractivity contribution in [1.82, 2.24) is 14.9 Å². The van der Waals surface area contributed by atoms with Crippen molar-refractivity contribution in [2.45, 2.75) is 31.5 Å². The predicted molar refractivity (Wildman–Crippen MR) is 94.8 cm³/mol. The van der Waals surface area contributed by atoms with E-state index >= 15 is 0 Å². The van der Waals surface area contributed by atoms with Gasteiger partial charge in [0.1, 0.15) is 5.82 Å². The molecule has 1 aliphatic heterocycles. The lowest BCUT2D eigenvalue weighted by atomic mass is 9.96. The van der Waals surface area contributed by atoms with E-state index in [1.807, 2.05) is 24.3 Å². The number of imidazole rings is 1. The van der Waals surface area contributed by atoms with Gasteiger partial charge in [-0.05, 0) is 43.1 Å². The fourth-order valence-electron chi connectivity index (χ4n) is 3.69. The smallest absolute Gasteiger partial charge is 0.342 e. The summed E-state index contributed by atoms with van der Waals surface area (Å²) in [7, 11) is 0. The summed E-state index contributed by atoms with van der Waals surface area (Å²) >= 11 is 0. The first-order valence-electron chi connectivity index (χ1n) is 8.82. The second-order valence-corrected chi connectivity index (χ2v) is 6.91. The molecule has 136 valence electrons. The summed E-state index contributed by atoms with van der Waals surface area (Å²) in [4.78, 5) is 10.3. The number of fused-ring (bicyclic) bond motifs is 1. The molecule has 3 aromatic rings. The van der Waals surface area contributed by atoms with Crippen LogP contribution in [0.4, 0.5) is 13.2 Å². The highest BCUT2D eigenvalue weighted by atomic mass is 19.4. The summed E-state index contributed by atoms with van der Waals surface area (Å²) in [5.74, 6) is 1.25. The average Bonchev–Trinajstić information content (AvgIpc) is 3.06. The van der Waals surface area contributed by atoms with Crippen molar-refractivity contribution in [3.05, 3.63) is 65.5 Å². The van der Waals surface area contributed by atoms with Gasteiger partial charge in [0.25, 0.3) is 0 Å². The van der Waals surface area contributed by atoms with Gasteiger partial charge < -0.3 is 4.98 Å². The molecule has 1 saturated heterocycles. The van der Waals surface area contributed by atoms with Crippen molar-refractivity contribution in [2.75, 3.05) is 13.1 Å². The second-order valence-electron chi connectivity index (χ2n) is 6.91. The first-order valence-corrected chi connectivity index (χ1v) is 8.82. The summed E-state index contributed by atoms with van der Waals surface area (Å²) in [6.07, 6.45) is -2.24. The number of para-hydroxylation sites is 2. The molecule has 0 radical (unpaired) electrons. The Kier molecular flexibility index (Phi) is 4.44. The Morgan fingerprint density at radius 3 is 2.77 bits per heavy atom. The molecular weight excluding hydrogens is 339 g/mol. The van der Waals surface area contributed by atoms with Crippen molar-refractivity contribution in [3.63, 3.8) is 0 Å². The monoisotopic (exact) mass is 359 g/mol. The van der Waals surface area contributed by atoms with Gasteiger partial charge in [-0.2, -0.15) is 13.2 Å². The van der Waals surface area contributed by atoms with Gasteiger partial charge in [0, 0.05) is 19.0 Å². The highest BCUT2D eigenvalue weighted by Gasteiger charge is 2.30. The van der Waals surface area contributed by atoms with Crippen LogP contribution in [-0.2, 0) is 12.7 Å². The fraction of sp³-hybridized carbons (Fsp3) is 0.350. The maximum absolute atomic E-state index is 12.9. The molecule has 0 saturated carbocycles. The van der Waals surface area contributed by atoms with Gasteiger partial charge in [0.15, 0.2) is 0 Å². The Hall–Kier alpha value is -2.34. The molecule has 0 amide bonds. The minimum atomic E-state index is -4.30. The summed E-state index contributed by atoms with van der Waals surface area (Å²) in [5.41, 5.74) is 2.10. The van der Waals surface area contributed by atoms with E-state index in [4.69, 9.17) is 4.98 Å². The second kappa shape index (κ2) is 6.76. The summed E-state index contributed by atoms with van der Waals surface area (Å²) in [6, 6.07) is 13.6. The van der Waals surface area contributed by atoms with Gasteiger partial charge in [-0.1, -0.05) is 30.3 Å². The normalized spacial score (nSPS) is 19.1. The van der Waals surface area contributed by atoms with E-state index in [0.29, 0.717) is 12.1 Å². The fourth-order valence-corrected chi connectivity index (χ4v) is 3.69. The van der Waals surface area contributed by atoms with Crippen LogP contribution in [0.3, 0.4) is 0 Å². The number of likely N-dealkylation sites (tertiary alicyclic amines) is 1. The molecule has 0 aliphatic carbocycles. The van der Waals surface area contributed by atoms with Crippen LogP contribution < -0.4 is 0 Å². The third kappa shape index (κ3) is 3.60. The summed E-state index contributed by atoms with van der Waals surface area (Å²) in [5, 5.41) is 0. The number of aromatic amines is 1. The number of rotatable bonds is 3. The van der Waals surface area contributed by atoms with Crippen LogP contribution in [0, 0.1) is 0 Å². The Labute approximate surface area is 149 Å². The number of piperidine rings is 1. The van der Waals surface area contributed by atoms with Crippen LogP contribution in [0.2, 0.25) is 0 Å². The van der Waals surface area contributed by atoms with Gasteiger partial charge in [0.2, 0.25) is 0 Å². The molecule has 3 nitrogen and oxygen atoms in total. The summed E-state index contributed by atoms with van der Waals surface area (Å²) < 4.78 is 38.7. The molecule has 0 spiro atoms. The molecule has 1 aliphatic rings. The number of benzene rings is 2. The van der Waals surface area contributed by atoms with Crippen molar-refractivity contribution in [2.24, 2.45) is 0 Å². The highest BCUT2D eigenvalue weighted by Crippen LogP contribution is 2.31. The lowest BCUT2D eigenvalue weighted by Crippen LogP contribution is -2.34. The zero-order chi connectivity index (χ0) is 18.1. The van der Waals surface area contributed by atoms with Crippen molar-refractivity contribution in [3.8, 4) is 0 Å². The maximum Gasteiger partial charge on any atom is 0.416 e. The van der Waals surface area contributed by atoms with E-state index in [0.717, 1.165) is 48.9 Å². The Morgan fingerprint density at radius 1 is 1.12 bits per heavy atom.